The SMILES string of the molecule is Cc1ccc(-n2c(SCC(=O)N/N=C/c3ccncc3)nnc2-c2ccc(C(C)(C)C)cc2)cc1. The molecule has 2 aromatic heterocycles. The third kappa shape index (κ3) is 6.22. The Hall–Kier alpha value is -3.78. The van der Waals surface area contributed by atoms with Crippen LogP contribution in [0.25, 0.3) is 17.1 Å². The zero-order valence-corrected chi connectivity index (χ0v) is 21.1. The number of nitrogens with one attached hydrogen (secondary N) is 1. The Morgan fingerprint density at radius 3 is 2.34 bits per heavy atom. The number of benzene rings is 2. The molecule has 2 heterocycles. The smallest absolute Gasteiger partial charge is 0.250 e. The van der Waals surface area contributed by atoms with Gasteiger partial charge in [0.25, 0.3) is 5.91 Å². The average molecular weight is 485 g/mol. The molecular weight excluding hydrogens is 456 g/mol. The first-order chi connectivity index (χ1) is 16.8. The summed E-state index contributed by atoms with van der Waals surface area (Å²) in [7, 11) is 0. The van der Waals surface area contributed by atoms with Crippen molar-refractivity contribution in [2.24, 2.45) is 5.10 Å². The Bertz CT molecular complexity index is 1310. The monoisotopic (exact) mass is 484 g/mol. The van der Waals surface area contributed by atoms with E-state index in [-0.39, 0.29) is 17.1 Å². The number of carbonyl (C=O) groups is 1. The summed E-state index contributed by atoms with van der Waals surface area (Å²) < 4.78 is 1.99. The van der Waals surface area contributed by atoms with Gasteiger partial charge in [0.2, 0.25) is 0 Å². The lowest BCUT2D eigenvalue weighted by molar-refractivity contribution is -0.118. The predicted molar refractivity (Wildman–Crippen MR) is 141 cm³/mol. The molecule has 0 aliphatic rings. The number of hydrogen-bond donors (Lipinski definition) is 1. The molecule has 8 heteroatoms. The Morgan fingerprint density at radius 1 is 1.00 bits per heavy atom. The van der Waals surface area contributed by atoms with Crippen molar-refractivity contribution in [3.05, 3.63) is 89.7 Å². The molecule has 7 nitrogen and oxygen atoms in total. The van der Waals surface area contributed by atoms with Gasteiger partial charge in [0.05, 0.1) is 12.0 Å². The number of hydrogen-bond acceptors (Lipinski definition) is 6. The van der Waals surface area contributed by atoms with E-state index in [1.54, 1.807) is 18.6 Å². The summed E-state index contributed by atoms with van der Waals surface area (Å²) in [5.41, 5.74) is 7.80. The molecule has 35 heavy (non-hydrogen) atoms. The molecule has 4 aromatic rings. The number of amides is 1. The Kier molecular flexibility index (Phi) is 7.41. The molecule has 1 amide bonds. The maximum Gasteiger partial charge on any atom is 0.250 e. The summed E-state index contributed by atoms with van der Waals surface area (Å²) >= 11 is 1.32. The lowest BCUT2D eigenvalue weighted by Gasteiger charge is -2.19. The largest absolute Gasteiger partial charge is 0.272 e. The molecule has 4 rings (SSSR count). The number of carbonyl (C=O) groups excluding carboxylic acids is 1. The van der Waals surface area contributed by atoms with Crippen LogP contribution < -0.4 is 5.43 Å². The number of aryl methyl sites for hydroxylation is 1. The maximum absolute atomic E-state index is 12.4. The van der Waals surface area contributed by atoms with E-state index < -0.39 is 0 Å². The fourth-order valence-corrected chi connectivity index (χ4v) is 4.13. The van der Waals surface area contributed by atoms with Crippen LogP contribution in [0.5, 0.6) is 0 Å². The first-order valence-corrected chi connectivity index (χ1v) is 12.3. The van der Waals surface area contributed by atoms with Crippen LogP contribution in [0.15, 0.2) is 83.3 Å². The summed E-state index contributed by atoms with van der Waals surface area (Å²) in [6, 6.07) is 20.2. The van der Waals surface area contributed by atoms with Gasteiger partial charge in [-0.3, -0.25) is 14.3 Å². The van der Waals surface area contributed by atoms with E-state index in [1.807, 2.05) is 28.8 Å². The van der Waals surface area contributed by atoms with Crippen molar-refractivity contribution in [3.8, 4) is 17.1 Å². The third-order valence-corrected chi connectivity index (χ3v) is 6.30. The van der Waals surface area contributed by atoms with Gasteiger partial charge in [0.15, 0.2) is 11.0 Å². The molecule has 0 saturated heterocycles. The molecule has 0 aliphatic heterocycles. The van der Waals surface area contributed by atoms with Crippen LogP contribution in [0, 0.1) is 6.92 Å². The highest BCUT2D eigenvalue weighted by Crippen LogP contribution is 2.30. The highest BCUT2D eigenvalue weighted by Gasteiger charge is 2.19. The standard InChI is InChI=1S/C27H28N6OS/c1-19-5-11-23(12-6-19)33-25(21-7-9-22(10-8-21)27(2,3)4)31-32-26(33)35-18-24(34)30-29-17-20-13-15-28-16-14-20/h5-17H,18H2,1-4H3,(H,30,34)/b29-17+. The fraction of sp³-hybridized carbons (Fsp3) is 0.222. The van der Waals surface area contributed by atoms with Crippen LogP contribution in [0.2, 0.25) is 0 Å². The molecule has 0 bridgehead atoms. The summed E-state index contributed by atoms with van der Waals surface area (Å²) in [4.78, 5) is 16.4. The predicted octanol–water partition coefficient (Wildman–Crippen LogP) is 5.18. The molecule has 1 N–H and O–H groups in total. The minimum atomic E-state index is -0.227. The average Bonchev–Trinajstić information content (AvgIpc) is 3.27. The molecular formula is C27H28N6OS. The molecule has 0 unspecified atom stereocenters. The second kappa shape index (κ2) is 10.7. The van der Waals surface area contributed by atoms with Crippen molar-refractivity contribution in [1.82, 2.24) is 25.2 Å². The van der Waals surface area contributed by atoms with Crippen molar-refractivity contribution >= 4 is 23.9 Å². The number of rotatable bonds is 7. The minimum absolute atomic E-state index is 0.0669. The van der Waals surface area contributed by atoms with Gasteiger partial charge in [0.1, 0.15) is 0 Å². The fourth-order valence-electron chi connectivity index (χ4n) is 3.39. The van der Waals surface area contributed by atoms with Gasteiger partial charge in [-0.15, -0.1) is 10.2 Å². The number of thioether (sulfide) groups is 1. The molecule has 2 aromatic carbocycles. The number of aromatic nitrogens is 4. The van der Waals surface area contributed by atoms with Gasteiger partial charge in [0, 0.05) is 23.6 Å². The van der Waals surface area contributed by atoms with Crippen LogP contribution in [-0.4, -0.2) is 37.6 Å². The van der Waals surface area contributed by atoms with E-state index in [9.17, 15) is 4.79 Å². The second-order valence-corrected chi connectivity index (χ2v) is 10.1. The van der Waals surface area contributed by atoms with Crippen molar-refractivity contribution in [1.29, 1.82) is 0 Å². The van der Waals surface area contributed by atoms with Gasteiger partial charge in [-0.1, -0.05) is 74.5 Å². The lowest BCUT2D eigenvalue weighted by atomic mass is 9.87. The van der Waals surface area contributed by atoms with Crippen LogP contribution >= 0.6 is 11.8 Å². The number of nitrogens with zero attached hydrogens (tertiary/aromatic N) is 5. The normalized spacial score (nSPS) is 11.7. The first kappa shape index (κ1) is 24.3. The lowest BCUT2D eigenvalue weighted by Crippen LogP contribution is -2.20. The highest BCUT2D eigenvalue weighted by atomic mass is 32.2. The van der Waals surface area contributed by atoms with Gasteiger partial charge >= 0.3 is 0 Å². The van der Waals surface area contributed by atoms with Gasteiger partial charge < -0.3 is 0 Å². The van der Waals surface area contributed by atoms with E-state index in [0.29, 0.717) is 5.16 Å². The Labute approximate surface area is 209 Å². The summed E-state index contributed by atoms with van der Waals surface area (Å²) in [6.45, 7) is 8.63. The van der Waals surface area contributed by atoms with Crippen molar-refractivity contribution in [2.45, 2.75) is 38.3 Å². The molecule has 0 spiro atoms. The Morgan fingerprint density at radius 2 is 1.69 bits per heavy atom. The number of hydrazone groups is 1. The van der Waals surface area contributed by atoms with E-state index in [2.05, 4.69) is 89.8 Å². The Balaban J connectivity index is 1.55. The van der Waals surface area contributed by atoms with E-state index >= 15 is 0 Å². The van der Waals surface area contributed by atoms with Crippen molar-refractivity contribution < 1.29 is 4.79 Å². The molecule has 0 aliphatic carbocycles. The quantitative estimate of drug-likeness (QED) is 0.222. The first-order valence-electron chi connectivity index (χ1n) is 11.3. The zero-order chi connectivity index (χ0) is 24.8. The summed E-state index contributed by atoms with van der Waals surface area (Å²) in [5.74, 6) is 0.656. The summed E-state index contributed by atoms with van der Waals surface area (Å²) in [6.07, 6.45) is 4.93. The van der Waals surface area contributed by atoms with Crippen molar-refractivity contribution in [2.75, 3.05) is 5.75 Å². The number of pyridine rings is 1. The van der Waals surface area contributed by atoms with E-state index in [4.69, 9.17) is 0 Å². The van der Waals surface area contributed by atoms with Gasteiger partial charge in [-0.2, -0.15) is 5.10 Å². The van der Waals surface area contributed by atoms with Crippen molar-refractivity contribution in [3.63, 3.8) is 0 Å². The second-order valence-electron chi connectivity index (χ2n) is 9.17. The van der Waals surface area contributed by atoms with Crippen LogP contribution in [0.4, 0.5) is 0 Å². The molecule has 0 radical (unpaired) electrons. The highest BCUT2D eigenvalue weighted by molar-refractivity contribution is 7.99. The van der Waals surface area contributed by atoms with Crippen LogP contribution in [0.3, 0.4) is 0 Å². The third-order valence-electron chi connectivity index (χ3n) is 5.38. The van der Waals surface area contributed by atoms with Crippen LogP contribution in [-0.2, 0) is 10.2 Å². The zero-order valence-electron chi connectivity index (χ0n) is 20.3. The summed E-state index contributed by atoms with van der Waals surface area (Å²) in [5, 5.41) is 13.5. The van der Waals surface area contributed by atoms with Crippen LogP contribution in [0.1, 0.15) is 37.5 Å². The molecule has 0 saturated carbocycles. The topological polar surface area (TPSA) is 85.1 Å². The van der Waals surface area contributed by atoms with E-state index in [0.717, 1.165) is 22.6 Å². The molecule has 178 valence electrons. The van der Waals surface area contributed by atoms with Gasteiger partial charge in [-0.25, -0.2) is 5.43 Å². The molecule has 0 atom stereocenters. The maximum atomic E-state index is 12.4. The van der Waals surface area contributed by atoms with E-state index in [1.165, 1.54) is 22.9 Å². The molecule has 0 fully saturated rings. The van der Waals surface area contributed by atoms with Gasteiger partial charge in [-0.05, 0) is 47.7 Å². The minimum Gasteiger partial charge on any atom is -0.272 e.